The summed E-state index contributed by atoms with van der Waals surface area (Å²) in [5, 5.41) is 110. The van der Waals surface area contributed by atoms with Gasteiger partial charge in [0.15, 0.2) is 18.7 Å². The van der Waals surface area contributed by atoms with Gasteiger partial charge in [0.05, 0.1) is 13.2 Å². The molecule has 0 aromatic rings. The summed E-state index contributed by atoms with van der Waals surface area (Å²) < 4.78 is 64.9. The van der Waals surface area contributed by atoms with Gasteiger partial charge in [-0.3, -0.25) is 23.4 Å². The minimum absolute atomic E-state index is 0.00958. The van der Waals surface area contributed by atoms with Crippen LogP contribution in [0.4, 0.5) is 0 Å². The van der Waals surface area contributed by atoms with E-state index in [1.165, 1.54) is 128 Å². The molecule has 0 aromatic carbocycles. The van der Waals surface area contributed by atoms with Gasteiger partial charge < -0.3 is 89.1 Å². The first kappa shape index (κ1) is 86.9. The lowest BCUT2D eigenvalue weighted by Crippen LogP contribution is -2.69. The number of unbranched alkanes of at least 4 members (excludes halogenated alkanes) is 34. The Morgan fingerprint density at radius 2 is 0.737 bits per heavy atom. The van der Waals surface area contributed by atoms with Crippen LogP contribution in [0.15, 0.2) is 12.2 Å². The van der Waals surface area contributed by atoms with Crippen molar-refractivity contribution >= 4 is 25.7 Å². The van der Waals surface area contributed by atoms with Crippen LogP contribution in [0.3, 0.4) is 0 Å². The van der Waals surface area contributed by atoms with Crippen LogP contribution in [-0.2, 0) is 61.2 Å². The van der Waals surface area contributed by atoms with Crippen molar-refractivity contribution in [3.05, 3.63) is 12.2 Å². The summed E-state index contributed by atoms with van der Waals surface area (Å²) in [5.41, 5.74) is 0. The first-order valence-electron chi connectivity index (χ1n) is 37.0. The quantitative estimate of drug-likeness (QED) is 0.00887. The molecule has 558 valence electrons. The van der Waals surface area contributed by atoms with Crippen molar-refractivity contribution in [2.75, 3.05) is 26.4 Å². The molecule has 3 aliphatic rings. The van der Waals surface area contributed by atoms with E-state index >= 15 is 0 Å². The molecule has 0 radical (unpaired) electrons. The summed E-state index contributed by atoms with van der Waals surface area (Å²) in [5.74, 6) is -2.00. The molecule has 3 rings (SSSR count). The van der Waals surface area contributed by atoms with Crippen LogP contribution in [0.1, 0.15) is 284 Å². The number of hydrogen-bond donors (Lipinski definition) is 11. The maximum absolute atomic E-state index is 14.3. The fourth-order valence-electron chi connectivity index (χ4n) is 12.2. The van der Waals surface area contributed by atoms with Gasteiger partial charge in [-0.05, 0) is 44.9 Å². The van der Waals surface area contributed by atoms with E-state index < -0.39 is 156 Å². The minimum atomic E-state index is -5.69. The van der Waals surface area contributed by atoms with E-state index in [-0.39, 0.29) is 19.3 Å². The van der Waals surface area contributed by atoms with Crippen molar-refractivity contribution in [1.82, 2.24) is 0 Å². The maximum atomic E-state index is 14.3. The molecular weight excluding hydrogens is 1260 g/mol. The summed E-state index contributed by atoms with van der Waals surface area (Å²) in [6.45, 7) is 3.42. The van der Waals surface area contributed by atoms with Crippen LogP contribution >= 0.6 is 7.82 Å². The lowest BCUT2D eigenvalue weighted by atomic mass is 9.84. The Balaban J connectivity index is 1.74. The summed E-state index contributed by atoms with van der Waals surface area (Å²) >= 11 is 0. The van der Waals surface area contributed by atoms with Gasteiger partial charge in [0.2, 0.25) is 0 Å². The molecule has 0 amide bonds. The van der Waals surface area contributed by atoms with E-state index in [2.05, 4.69) is 32.9 Å². The molecule has 2 heterocycles. The number of ether oxygens (including phenoxy) is 7. The highest BCUT2D eigenvalue weighted by Gasteiger charge is 2.58. The first-order valence-corrected chi connectivity index (χ1v) is 38.5. The number of phosphoric ester groups is 1. The Morgan fingerprint density at radius 3 is 1.15 bits per heavy atom. The fourth-order valence-corrected chi connectivity index (χ4v) is 13.2. The number of carbonyl (C=O) groups is 3. The summed E-state index contributed by atoms with van der Waals surface area (Å²) in [6.07, 6.45) is 10.1. The van der Waals surface area contributed by atoms with Gasteiger partial charge in [-0.1, -0.05) is 232 Å². The van der Waals surface area contributed by atoms with Crippen molar-refractivity contribution in [2.24, 2.45) is 0 Å². The predicted octanol–water partition coefficient (Wildman–Crippen LogP) is 9.57. The normalized spacial score (nSPS) is 28.1. The van der Waals surface area contributed by atoms with Gasteiger partial charge in [-0.2, -0.15) is 0 Å². The zero-order valence-electron chi connectivity index (χ0n) is 58.0. The zero-order valence-corrected chi connectivity index (χ0v) is 58.9. The summed E-state index contributed by atoms with van der Waals surface area (Å²) in [7, 11) is -5.69. The van der Waals surface area contributed by atoms with E-state index in [1.54, 1.807) is 0 Å². The maximum Gasteiger partial charge on any atom is 0.472 e. The monoisotopic (exact) mass is 1380 g/mol. The third-order valence-corrected chi connectivity index (χ3v) is 19.3. The second-order valence-corrected chi connectivity index (χ2v) is 28.1. The fraction of sp³-hybridized carbons (Fsp3) is 0.929. The Morgan fingerprint density at radius 1 is 0.400 bits per heavy atom. The van der Waals surface area contributed by atoms with E-state index in [0.29, 0.717) is 19.3 Å². The Labute approximate surface area is 567 Å². The van der Waals surface area contributed by atoms with Crippen LogP contribution in [0, 0.1) is 0 Å². The van der Waals surface area contributed by atoms with Gasteiger partial charge in [-0.25, -0.2) is 4.57 Å². The number of esters is 3. The van der Waals surface area contributed by atoms with E-state index in [0.717, 1.165) is 96.3 Å². The van der Waals surface area contributed by atoms with Crippen LogP contribution in [0.5, 0.6) is 0 Å². The van der Waals surface area contributed by atoms with Crippen LogP contribution in [0.2, 0.25) is 0 Å². The van der Waals surface area contributed by atoms with Crippen molar-refractivity contribution in [2.45, 2.75) is 388 Å². The molecule has 18 unspecified atom stereocenters. The minimum Gasteiger partial charge on any atom is -0.463 e. The largest absolute Gasteiger partial charge is 0.472 e. The highest BCUT2D eigenvalue weighted by molar-refractivity contribution is 7.47. The number of hydrogen-bond acceptors (Lipinski definition) is 23. The number of rotatable bonds is 57. The summed E-state index contributed by atoms with van der Waals surface area (Å²) in [6, 6.07) is 0. The number of aliphatic hydroxyl groups is 10. The highest BCUT2D eigenvalue weighted by Crippen LogP contribution is 2.49. The topological polar surface area (TPSA) is 374 Å². The second kappa shape index (κ2) is 52.6. The first-order chi connectivity index (χ1) is 45.8. The van der Waals surface area contributed by atoms with E-state index in [9.17, 15) is 74.9 Å². The van der Waals surface area contributed by atoms with Crippen molar-refractivity contribution in [3.8, 4) is 0 Å². The molecule has 3 fully saturated rings. The molecule has 1 saturated carbocycles. The molecule has 25 heteroatoms. The number of allylic oxidation sites excluding steroid dienone is 2. The number of carbonyl (C=O) groups excluding carboxylic acids is 3. The van der Waals surface area contributed by atoms with E-state index in [1.807, 2.05) is 0 Å². The molecular formula is C70H129O24P. The third-order valence-electron chi connectivity index (χ3n) is 18.3. The predicted molar refractivity (Wildman–Crippen MR) is 356 cm³/mol. The molecule has 2 aliphatic heterocycles. The van der Waals surface area contributed by atoms with Crippen LogP contribution in [0.25, 0.3) is 0 Å². The van der Waals surface area contributed by atoms with Crippen molar-refractivity contribution in [3.63, 3.8) is 0 Å². The average Bonchev–Trinajstić information content (AvgIpc) is 0.764. The second-order valence-electron chi connectivity index (χ2n) is 26.7. The average molecular weight is 1390 g/mol. The smallest absolute Gasteiger partial charge is 0.463 e. The molecule has 1 aliphatic carbocycles. The third kappa shape index (κ3) is 36.2. The van der Waals surface area contributed by atoms with Gasteiger partial charge in [0.25, 0.3) is 0 Å². The standard InChI is InChI=1S/C70H129O24P/c1-4-7-10-13-16-19-22-24-26-28-31-34-37-40-43-46-56(74)89-51(48-86-54(72)44-41-38-35-32-29-21-18-15-12-9-6-3)49-88-95(84,85)94-68-66(92-69-64(82)59(77)57(75)52(47-71)90-69)62(80)61(79)63(81)67(68)93-70-65(83)60(78)58(76)53(91-70)50-87-55(73)45-42-39-36-33-30-27-25-23-20-17-14-11-8-5-2/h27,30,51-53,57-71,75-83H,4-26,28-29,31-50H2,1-3H3,(H,84,85)/b30-27-. The summed E-state index contributed by atoms with van der Waals surface area (Å²) in [4.78, 5) is 50.9. The van der Waals surface area contributed by atoms with Crippen LogP contribution in [-0.4, -0.2) is 204 Å². The van der Waals surface area contributed by atoms with Crippen LogP contribution < -0.4 is 0 Å². The number of aliphatic hydroxyl groups excluding tert-OH is 10. The number of phosphoric acid groups is 1. The van der Waals surface area contributed by atoms with Gasteiger partial charge in [0, 0.05) is 19.3 Å². The van der Waals surface area contributed by atoms with Crippen molar-refractivity contribution < 1.29 is 117 Å². The molecule has 18 atom stereocenters. The Kier molecular flexibility index (Phi) is 48.2. The zero-order chi connectivity index (χ0) is 69.6. The Hall–Kier alpha value is -2.30. The van der Waals surface area contributed by atoms with Gasteiger partial charge in [0.1, 0.15) is 98.7 Å². The molecule has 0 aromatic heterocycles. The molecule has 2 saturated heterocycles. The van der Waals surface area contributed by atoms with E-state index in [4.69, 9.17) is 42.2 Å². The molecule has 24 nitrogen and oxygen atoms in total. The lowest BCUT2D eigenvalue weighted by Gasteiger charge is -2.49. The van der Waals surface area contributed by atoms with Gasteiger partial charge >= 0.3 is 25.7 Å². The molecule has 0 bridgehead atoms. The lowest BCUT2D eigenvalue weighted by molar-refractivity contribution is -0.360. The molecule has 11 N–H and O–H groups in total. The van der Waals surface area contributed by atoms with Gasteiger partial charge in [-0.15, -0.1) is 0 Å². The highest BCUT2D eigenvalue weighted by atomic mass is 31.2. The Bertz CT molecular complexity index is 2020. The molecule has 95 heavy (non-hydrogen) atoms. The van der Waals surface area contributed by atoms with Crippen molar-refractivity contribution in [1.29, 1.82) is 0 Å². The molecule has 0 spiro atoms. The SMILES string of the molecule is CCCCCCCCC/C=C\CCCCCC(=O)OCC1OC(OC2C(O)C(O)C(O)C(OC3OC(CO)C(O)C(O)C3O)C2OP(=O)(O)OCC(COC(=O)CCCCCCCCCCCCC)OC(=O)CCCCCCCCCCCCCCCCC)C(O)C(O)C1O.